The van der Waals surface area contributed by atoms with Gasteiger partial charge in [-0.05, 0) is 66.4 Å². The predicted molar refractivity (Wildman–Crippen MR) is 146 cm³/mol. The zero-order valence-electron chi connectivity index (χ0n) is 22.0. The minimum absolute atomic E-state index is 0.0278. The standard InChI is InChI=1S/C30H33ClN2O5/c1-32-14-23-16-33(17-24(23)15-32)30(34)22-12-27(31)29(38-19-21-6-10-26(36-3)11-7-21)28(13-22)37-18-20-4-8-25(35-2)9-5-20/h4-13,23-24H,14-19H2,1-3H3/t23-,24+. The molecule has 2 atom stereocenters. The van der Waals surface area contributed by atoms with Crippen molar-refractivity contribution in [1.82, 2.24) is 9.80 Å². The molecule has 0 aromatic heterocycles. The normalized spacial score (nSPS) is 18.8. The molecule has 0 bridgehead atoms. The Labute approximate surface area is 228 Å². The third-order valence-electron chi connectivity index (χ3n) is 7.31. The van der Waals surface area contributed by atoms with Gasteiger partial charge in [-0.1, -0.05) is 35.9 Å². The maximum absolute atomic E-state index is 13.5. The van der Waals surface area contributed by atoms with E-state index in [0.717, 1.165) is 48.8 Å². The highest BCUT2D eigenvalue weighted by Crippen LogP contribution is 2.39. The van der Waals surface area contributed by atoms with E-state index in [1.807, 2.05) is 53.4 Å². The van der Waals surface area contributed by atoms with E-state index >= 15 is 0 Å². The van der Waals surface area contributed by atoms with Gasteiger partial charge in [0.1, 0.15) is 24.7 Å². The number of fused-ring (bicyclic) bond motifs is 1. The van der Waals surface area contributed by atoms with Crippen molar-refractivity contribution >= 4 is 17.5 Å². The molecule has 7 nitrogen and oxygen atoms in total. The molecule has 5 rings (SSSR count). The number of methoxy groups -OCH3 is 2. The van der Waals surface area contributed by atoms with Crippen LogP contribution in [-0.4, -0.2) is 63.2 Å². The van der Waals surface area contributed by atoms with Crippen molar-refractivity contribution < 1.29 is 23.7 Å². The van der Waals surface area contributed by atoms with Gasteiger partial charge in [0.05, 0.1) is 19.2 Å². The Morgan fingerprint density at radius 2 is 1.34 bits per heavy atom. The van der Waals surface area contributed by atoms with Crippen molar-refractivity contribution in [3.8, 4) is 23.0 Å². The Kier molecular flexibility index (Phi) is 7.95. The third kappa shape index (κ3) is 5.84. The number of amides is 1. The van der Waals surface area contributed by atoms with E-state index in [1.54, 1.807) is 26.4 Å². The fourth-order valence-electron chi connectivity index (χ4n) is 5.28. The van der Waals surface area contributed by atoms with E-state index in [-0.39, 0.29) is 12.5 Å². The second-order valence-electron chi connectivity index (χ2n) is 10.0. The van der Waals surface area contributed by atoms with Crippen molar-refractivity contribution in [3.05, 3.63) is 82.4 Å². The summed E-state index contributed by atoms with van der Waals surface area (Å²) < 4.78 is 22.8. The van der Waals surface area contributed by atoms with Crippen LogP contribution in [0.2, 0.25) is 5.02 Å². The van der Waals surface area contributed by atoms with Crippen molar-refractivity contribution in [2.75, 3.05) is 47.4 Å². The summed E-state index contributed by atoms with van der Waals surface area (Å²) in [6, 6.07) is 18.7. The van der Waals surface area contributed by atoms with Crippen LogP contribution in [0.1, 0.15) is 21.5 Å². The topological polar surface area (TPSA) is 60.5 Å². The second kappa shape index (κ2) is 11.5. The first-order chi connectivity index (χ1) is 18.4. The Balaban J connectivity index is 1.36. The lowest BCUT2D eigenvalue weighted by molar-refractivity contribution is 0.0775. The third-order valence-corrected chi connectivity index (χ3v) is 7.59. The first kappa shape index (κ1) is 26.2. The molecule has 0 radical (unpaired) electrons. The zero-order chi connectivity index (χ0) is 26.6. The molecule has 0 unspecified atom stereocenters. The summed E-state index contributed by atoms with van der Waals surface area (Å²) in [5, 5.41) is 0.341. The fourth-order valence-corrected chi connectivity index (χ4v) is 5.54. The lowest BCUT2D eigenvalue weighted by atomic mass is 10.0. The largest absolute Gasteiger partial charge is 0.497 e. The lowest BCUT2D eigenvalue weighted by Gasteiger charge is -2.21. The molecule has 1 amide bonds. The van der Waals surface area contributed by atoms with E-state index in [2.05, 4.69) is 11.9 Å². The van der Waals surface area contributed by atoms with Gasteiger partial charge in [-0.3, -0.25) is 4.79 Å². The van der Waals surface area contributed by atoms with Crippen molar-refractivity contribution in [3.63, 3.8) is 0 Å². The zero-order valence-corrected chi connectivity index (χ0v) is 22.7. The van der Waals surface area contributed by atoms with E-state index in [0.29, 0.717) is 40.5 Å². The molecule has 0 spiro atoms. The molecular formula is C30H33ClN2O5. The molecule has 0 aliphatic carbocycles. The maximum atomic E-state index is 13.5. The average Bonchev–Trinajstić information content (AvgIpc) is 3.49. The molecule has 2 aliphatic heterocycles. The number of carbonyl (C=O) groups is 1. The maximum Gasteiger partial charge on any atom is 0.254 e. The Hall–Kier alpha value is -3.42. The van der Waals surface area contributed by atoms with Gasteiger partial charge < -0.3 is 28.7 Å². The molecule has 2 saturated heterocycles. The van der Waals surface area contributed by atoms with Crippen LogP contribution in [-0.2, 0) is 13.2 Å². The second-order valence-corrected chi connectivity index (χ2v) is 10.4. The van der Waals surface area contributed by atoms with E-state index in [4.69, 9.17) is 30.5 Å². The van der Waals surface area contributed by atoms with Crippen molar-refractivity contribution in [1.29, 1.82) is 0 Å². The van der Waals surface area contributed by atoms with Crippen molar-refractivity contribution in [2.24, 2.45) is 11.8 Å². The van der Waals surface area contributed by atoms with E-state index in [9.17, 15) is 4.79 Å². The molecule has 38 heavy (non-hydrogen) atoms. The lowest BCUT2D eigenvalue weighted by Crippen LogP contribution is -2.32. The molecule has 8 heteroatoms. The Morgan fingerprint density at radius 3 is 1.87 bits per heavy atom. The summed E-state index contributed by atoms with van der Waals surface area (Å²) in [5.41, 5.74) is 2.41. The highest BCUT2D eigenvalue weighted by molar-refractivity contribution is 6.32. The van der Waals surface area contributed by atoms with Gasteiger partial charge in [0.2, 0.25) is 0 Å². The molecule has 0 N–H and O–H groups in total. The number of likely N-dealkylation sites (tertiary alicyclic amines) is 2. The molecule has 2 heterocycles. The fraction of sp³-hybridized carbons (Fsp3) is 0.367. The number of hydrogen-bond donors (Lipinski definition) is 0. The summed E-state index contributed by atoms with van der Waals surface area (Å²) in [6.45, 7) is 4.18. The Bertz CT molecular complexity index is 1250. The average molecular weight is 537 g/mol. The minimum Gasteiger partial charge on any atom is -0.497 e. The van der Waals surface area contributed by atoms with Crippen LogP contribution in [0.5, 0.6) is 23.0 Å². The highest BCUT2D eigenvalue weighted by atomic mass is 35.5. The van der Waals surface area contributed by atoms with E-state index < -0.39 is 0 Å². The molecule has 2 aliphatic rings. The number of ether oxygens (including phenoxy) is 4. The first-order valence-electron chi connectivity index (χ1n) is 12.8. The van der Waals surface area contributed by atoms with Crippen molar-refractivity contribution in [2.45, 2.75) is 13.2 Å². The molecule has 3 aromatic rings. The van der Waals surface area contributed by atoms with Crippen LogP contribution in [0.3, 0.4) is 0 Å². The highest BCUT2D eigenvalue weighted by Gasteiger charge is 2.40. The number of hydrogen-bond acceptors (Lipinski definition) is 6. The number of benzene rings is 3. The van der Waals surface area contributed by atoms with Gasteiger partial charge in [-0.2, -0.15) is 0 Å². The van der Waals surface area contributed by atoms with Gasteiger partial charge >= 0.3 is 0 Å². The molecule has 2 fully saturated rings. The predicted octanol–water partition coefficient (Wildman–Crippen LogP) is 5.15. The van der Waals surface area contributed by atoms with Gasteiger partial charge in [0.15, 0.2) is 11.5 Å². The summed E-state index contributed by atoms with van der Waals surface area (Å²) in [6.07, 6.45) is 0. The molecule has 200 valence electrons. The number of halogens is 1. The summed E-state index contributed by atoms with van der Waals surface area (Å²) >= 11 is 6.72. The summed E-state index contributed by atoms with van der Waals surface area (Å²) in [7, 11) is 5.41. The van der Waals surface area contributed by atoms with Crippen LogP contribution in [0.25, 0.3) is 0 Å². The summed E-state index contributed by atoms with van der Waals surface area (Å²) in [4.78, 5) is 17.8. The quantitative estimate of drug-likeness (QED) is 0.377. The summed E-state index contributed by atoms with van der Waals surface area (Å²) in [5.74, 6) is 3.41. The van der Waals surface area contributed by atoms with Crippen LogP contribution < -0.4 is 18.9 Å². The van der Waals surface area contributed by atoms with Crippen LogP contribution in [0.4, 0.5) is 0 Å². The van der Waals surface area contributed by atoms with Crippen LogP contribution in [0, 0.1) is 11.8 Å². The smallest absolute Gasteiger partial charge is 0.254 e. The van der Waals surface area contributed by atoms with Crippen LogP contribution in [0.15, 0.2) is 60.7 Å². The monoisotopic (exact) mass is 536 g/mol. The minimum atomic E-state index is -0.0278. The van der Waals surface area contributed by atoms with Gasteiger partial charge in [-0.25, -0.2) is 0 Å². The van der Waals surface area contributed by atoms with Crippen LogP contribution >= 0.6 is 11.6 Å². The van der Waals surface area contributed by atoms with Gasteiger partial charge in [0, 0.05) is 31.7 Å². The number of rotatable bonds is 9. The number of carbonyl (C=O) groups excluding carboxylic acids is 1. The molecular weight excluding hydrogens is 504 g/mol. The first-order valence-corrected chi connectivity index (χ1v) is 13.1. The van der Waals surface area contributed by atoms with Gasteiger partial charge in [0.25, 0.3) is 5.91 Å². The molecule has 0 saturated carbocycles. The number of nitrogens with zero attached hydrogens (tertiary/aromatic N) is 2. The van der Waals surface area contributed by atoms with Gasteiger partial charge in [-0.15, -0.1) is 0 Å². The SMILES string of the molecule is COc1ccc(COc2cc(C(=O)N3C[C@H]4CN(C)C[C@H]4C3)cc(Cl)c2OCc2ccc(OC)cc2)cc1. The Morgan fingerprint density at radius 1 is 0.816 bits per heavy atom. The van der Waals surface area contributed by atoms with E-state index in [1.165, 1.54) is 0 Å². The molecule has 3 aromatic carbocycles.